The second-order valence-electron chi connectivity index (χ2n) is 7.72. The molecule has 0 spiro atoms. The van der Waals surface area contributed by atoms with Crippen molar-refractivity contribution < 1.29 is 28.0 Å². The summed E-state index contributed by atoms with van der Waals surface area (Å²) in [6.45, 7) is 2.18. The van der Waals surface area contributed by atoms with E-state index in [9.17, 15) is 18.0 Å². The molecule has 2 aromatic carbocycles. The van der Waals surface area contributed by atoms with Gasteiger partial charge >= 0.3 is 0 Å². The van der Waals surface area contributed by atoms with Gasteiger partial charge in [-0.3, -0.25) is 14.8 Å². The minimum Gasteiger partial charge on any atom is -0.481 e. The highest BCUT2D eigenvalue weighted by atomic mass is 32.2. The Labute approximate surface area is 208 Å². The molecule has 36 heavy (non-hydrogen) atoms. The molecule has 11 nitrogen and oxygen atoms in total. The summed E-state index contributed by atoms with van der Waals surface area (Å²) in [7, 11) is -4.05. The van der Waals surface area contributed by atoms with Gasteiger partial charge in [-0.2, -0.15) is 4.72 Å². The van der Waals surface area contributed by atoms with E-state index in [0.29, 0.717) is 36.2 Å². The Balaban J connectivity index is 1.50. The molecule has 0 radical (unpaired) electrons. The van der Waals surface area contributed by atoms with Crippen molar-refractivity contribution >= 4 is 32.9 Å². The number of carbonyl (C=O) groups is 2. The molecule has 1 atom stereocenters. The summed E-state index contributed by atoms with van der Waals surface area (Å²) in [5.74, 6) is 4.73. The molecule has 0 saturated carbocycles. The second-order valence-corrected chi connectivity index (χ2v) is 9.44. The van der Waals surface area contributed by atoms with E-state index in [1.807, 2.05) is 0 Å². The quantitative estimate of drug-likeness (QED) is 0.107. The van der Waals surface area contributed by atoms with Gasteiger partial charge in [0.15, 0.2) is 0 Å². The first-order valence-electron chi connectivity index (χ1n) is 11.1. The summed E-state index contributed by atoms with van der Waals surface area (Å²) in [6.07, 6.45) is 2.55. The molecule has 0 unspecified atom stereocenters. The van der Waals surface area contributed by atoms with Gasteiger partial charge in [0.05, 0.1) is 22.3 Å². The molecule has 0 aliphatic carbocycles. The average Bonchev–Trinajstić information content (AvgIpc) is 3.35. The molecular formula is C24H27N5O6S. The smallest absolute Gasteiger partial charge is 0.261 e. The van der Waals surface area contributed by atoms with Crippen LogP contribution in [0.3, 0.4) is 0 Å². The van der Waals surface area contributed by atoms with Crippen LogP contribution in [0.1, 0.15) is 36.5 Å². The third kappa shape index (κ3) is 7.29. The molecule has 3 aromatic rings. The number of imidazole rings is 1. The van der Waals surface area contributed by atoms with Crippen LogP contribution in [-0.4, -0.2) is 54.6 Å². The average molecular weight is 514 g/mol. The van der Waals surface area contributed by atoms with Gasteiger partial charge in [-0.1, -0.05) is 5.92 Å². The van der Waals surface area contributed by atoms with E-state index < -0.39 is 22.0 Å². The Hall–Kier alpha value is -3.92. The van der Waals surface area contributed by atoms with E-state index in [0.717, 1.165) is 5.52 Å². The first-order chi connectivity index (χ1) is 17.3. The Morgan fingerprint density at radius 2 is 1.94 bits per heavy atom. The number of sulfonamides is 1. The maximum absolute atomic E-state index is 12.7. The number of hydrogen-bond acceptors (Lipinski definition) is 7. The Bertz CT molecular complexity index is 1360. The van der Waals surface area contributed by atoms with E-state index in [4.69, 9.17) is 9.94 Å². The number of unbranched alkanes of at least 4 members (excludes halogenated alkanes) is 1. The highest BCUT2D eigenvalue weighted by Crippen LogP contribution is 2.17. The predicted molar refractivity (Wildman–Crippen MR) is 132 cm³/mol. The molecule has 3 rings (SSSR count). The molecule has 1 heterocycles. The summed E-state index contributed by atoms with van der Waals surface area (Å²) in [5, 5.41) is 11.8. The normalized spacial score (nSPS) is 11.8. The second kappa shape index (κ2) is 12.7. The third-order valence-corrected chi connectivity index (χ3v) is 6.72. The summed E-state index contributed by atoms with van der Waals surface area (Å²) in [6, 6.07) is 9.59. The fraction of sp³-hybridized carbons (Fsp3) is 0.292. The number of aromatic nitrogens is 2. The number of amides is 2. The number of H-pyrrole nitrogens is 1. The Morgan fingerprint density at radius 3 is 2.67 bits per heavy atom. The Morgan fingerprint density at radius 1 is 1.17 bits per heavy atom. The Kier molecular flexibility index (Phi) is 9.40. The molecule has 5 N–H and O–H groups in total. The first kappa shape index (κ1) is 26.7. The molecule has 0 saturated heterocycles. The number of hydrogen-bond donors (Lipinski definition) is 5. The van der Waals surface area contributed by atoms with Crippen molar-refractivity contribution in [1.29, 1.82) is 0 Å². The van der Waals surface area contributed by atoms with Crippen LogP contribution in [0.5, 0.6) is 5.75 Å². The molecule has 0 bridgehead atoms. The summed E-state index contributed by atoms with van der Waals surface area (Å²) in [4.78, 5) is 31.4. The van der Waals surface area contributed by atoms with Crippen LogP contribution in [-0.2, 0) is 14.8 Å². The van der Waals surface area contributed by atoms with Gasteiger partial charge in [0.2, 0.25) is 10.0 Å². The molecule has 0 fully saturated rings. The molecular weight excluding hydrogens is 486 g/mol. The highest BCUT2D eigenvalue weighted by molar-refractivity contribution is 7.89. The number of fused-ring (bicyclic) bond motifs is 1. The molecule has 0 aliphatic heterocycles. The van der Waals surface area contributed by atoms with E-state index in [2.05, 4.69) is 31.8 Å². The number of ether oxygens (including phenoxy) is 1. The van der Waals surface area contributed by atoms with Crippen LogP contribution in [0.15, 0.2) is 53.7 Å². The van der Waals surface area contributed by atoms with E-state index >= 15 is 0 Å². The molecule has 1 aromatic heterocycles. The number of carbonyl (C=O) groups excluding carboxylic acids is 2. The van der Waals surface area contributed by atoms with Gasteiger partial charge in [0.25, 0.3) is 11.8 Å². The monoisotopic (exact) mass is 513 g/mol. The van der Waals surface area contributed by atoms with Gasteiger partial charge in [0, 0.05) is 12.1 Å². The summed E-state index contributed by atoms with van der Waals surface area (Å²) in [5.41, 5.74) is 3.47. The van der Waals surface area contributed by atoms with E-state index in [1.165, 1.54) is 29.7 Å². The maximum atomic E-state index is 12.7. The standard InChI is InChI=1S/C24H27N5O6S/c1-2-3-14-35-18-8-10-19(11-9-18)36(33,34)29-21(24(31)28-32)6-4-5-13-25-23(30)17-7-12-20-22(15-17)27-16-26-20/h7-12,15-16,21,29,32H,4-6,13-14H2,1H3,(H,25,30)(H,26,27)(H,28,31)/t21-/m1/s1. The predicted octanol–water partition coefficient (Wildman–Crippen LogP) is 1.72. The first-order valence-corrected chi connectivity index (χ1v) is 12.6. The van der Waals surface area contributed by atoms with E-state index in [1.54, 1.807) is 31.5 Å². The van der Waals surface area contributed by atoms with Gasteiger partial charge in [-0.05, 0) is 68.7 Å². The van der Waals surface area contributed by atoms with Crippen LogP contribution in [0, 0.1) is 11.8 Å². The maximum Gasteiger partial charge on any atom is 0.261 e. The zero-order valence-corrected chi connectivity index (χ0v) is 20.4. The minimum atomic E-state index is -4.05. The van der Waals surface area contributed by atoms with Crippen molar-refractivity contribution in [2.45, 2.75) is 37.1 Å². The SMILES string of the molecule is CC#CCOc1ccc(S(=O)(=O)N[C@H](CCCCNC(=O)c2ccc3[nH]cnc3c2)C(=O)NO)cc1. The van der Waals surface area contributed by atoms with Crippen molar-refractivity contribution in [3.8, 4) is 17.6 Å². The van der Waals surface area contributed by atoms with Crippen LogP contribution >= 0.6 is 0 Å². The lowest BCUT2D eigenvalue weighted by Crippen LogP contribution is -2.45. The van der Waals surface area contributed by atoms with Crippen molar-refractivity contribution in [2.24, 2.45) is 0 Å². The van der Waals surface area contributed by atoms with Crippen molar-refractivity contribution in [3.05, 3.63) is 54.4 Å². The number of rotatable bonds is 12. The third-order valence-electron chi connectivity index (χ3n) is 5.23. The summed E-state index contributed by atoms with van der Waals surface area (Å²) < 4.78 is 33.2. The van der Waals surface area contributed by atoms with Crippen LogP contribution < -0.4 is 20.3 Å². The van der Waals surface area contributed by atoms with Crippen molar-refractivity contribution in [3.63, 3.8) is 0 Å². The largest absolute Gasteiger partial charge is 0.481 e. The lowest BCUT2D eigenvalue weighted by Gasteiger charge is -2.17. The van der Waals surface area contributed by atoms with E-state index in [-0.39, 0.29) is 23.8 Å². The number of nitrogens with one attached hydrogen (secondary N) is 4. The highest BCUT2D eigenvalue weighted by Gasteiger charge is 2.25. The van der Waals surface area contributed by atoms with Crippen molar-refractivity contribution in [1.82, 2.24) is 25.5 Å². The molecule has 2 amide bonds. The topological polar surface area (TPSA) is 163 Å². The van der Waals surface area contributed by atoms with Gasteiger partial charge in [-0.25, -0.2) is 18.9 Å². The molecule has 12 heteroatoms. The number of nitrogens with zero attached hydrogens (tertiary/aromatic N) is 1. The van der Waals surface area contributed by atoms with Crippen LogP contribution in [0.4, 0.5) is 0 Å². The number of benzene rings is 2. The fourth-order valence-corrected chi connectivity index (χ4v) is 4.56. The minimum absolute atomic E-state index is 0.0618. The summed E-state index contributed by atoms with van der Waals surface area (Å²) >= 11 is 0. The molecule has 0 aliphatic rings. The zero-order valence-electron chi connectivity index (χ0n) is 19.6. The van der Waals surface area contributed by atoms with Crippen LogP contribution in [0.2, 0.25) is 0 Å². The van der Waals surface area contributed by atoms with Gasteiger partial charge < -0.3 is 15.0 Å². The lowest BCUT2D eigenvalue weighted by molar-refractivity contribution is -0.131. The fourth-order valence-electron chi connectivity index (χ4n) is 3.33. The van der Waals surface area contributed by atoms with Gasteiger partial charge in [-0.15, -0.1) is 5.92 Å². The number of aromatic amines is 1. The van der Waals surface area contributed by atoms with Gasteiger partial charge in [0.1, 0.15) is 18.4 Å². The zero-order chi connectivity index (χ0) is 26.0. The molecule has 190 valence electrons. The van der Waals surface area contributed by atoms with Crippen molar-refractivity contribution in [2.75, 3.05) is 13.2 Å². The van der Waals surface area contributed by atoms with Crippen LogP contribution in [0.25, 0.3) is 11.0 Å². The lowest BCUT2D eigenvalue weighted by atomic mass is 10.1. The number of hydroxylamine groups is 1.